The van der Waals surface area contributed by atoms with Gasteiger partial charge in [0.2, 0.25) is 0 Å². The van der Waals surface area contributed by atoms with Crippen molar-refractivity contribution in [2.24, 2.45) is 5.92 Å². The van der Waals surface area contributed by atoms with Gasteiger partial charge in [0, 0.05) is 30.6 Å². The van der Waals surface area contributed by atoms with E-state index in [2.05, 4.69) is 10.3 Å². The summed E-state index contributed by atoms with van der Waals surface area (Å²) in [5.74, 6) is 2.55. The predicted octanol–water partition coefficient (Wildman–Crippen LogP) is 5.37. The van der Waals surface area contributed by atoms with Crippen LogP contribution in [0.4, 0.5) is 0 Å². The maximum absolute atomic E-state index is 5.56. The zero-order valence-electron chi connectivity index (χ0n) is 16.4. The Hall–Kier alpha value is -1.59. The molecule has 0 amide bonds. The van der Waals surface area contributed by atoms with Gasteiger partial charge in [-0.05, 0) is 43.7 Å². The third-order valence-corrected chi connectivity index (χ3v) is 6.76. The Kier molecular flexibility index (Phi) is 5.98. The minimum atomic E-state index is 0.750. The summed E-state index contributed by atoms with van der Waals surface area (Å²) in [6.45, 7) is 2.24. The van der Waals surface area contributed by atoms with Crippen LogP contribution in [0.15, 0.2) is 23.6 Å². The molecule has 1 aromatic carbocycles. The van der Waals surface area contributed by atoms with E-state index in [0.29, 0.717) is 0 Å². The summed E-state index contributed by atoms with van der Waals surface area (Å²) in [6.07, 6.45) is 9.72. The zero-order valence-corrected chi connectivity index (χ0v) is 17.3. The van der Waals surface area contributed by atoms with E-state index in [-0.39, 0.29) is 0 Å². The van der Waals surface area contributed by atoms with Crippen LogP contribution in [0.2, 0.25) is 0 Å². The minimum absolute atomic E-state index is 0.750. The highest BCUT2D eigenvalue weighted by Crippen LogP contribution is 2.36. The second-order valence-electron chi connectivity index (χ2n) is 7.87. The van der Waals surface area contributed by atoms with Crippen LogP contribution in [-0.2, 0) is 6.54 Å². The number of thiazole rings is 1. The molecular formula is C22H30N2O2S. The van der Waals surface area contributed by atoms with Gasteiger partial charge in [-0.15, -0.1) is 11.3 Å². The molecule has 0 N–H and O–H groups in total. The van der Waals surface area contributed by atoms with Crippen LogP contribution in [0.25, 0.3) is 10.6 Å². The molecule has 2 saturated carbocycles. The second kappa shape index (κ2) is 8.61. The Morgan fingerprint density at radius 1 is 1.07 bits per heavy atom. The van der Waals surface area contributed by atoms with Crippen molar-refractivity contribution in [3.63, 3.8) is 0 Å². The molecule has 0 saturated heterocycles. The number of benzene rings is 1. The molecule has 2 aromatic rings. The van der Waals surface area contributed by atoms with E-state index in [1.807, 2.05) is 18.2 Å². The van der Waals surface area contributed by atoms with Crippen LogP contribution in [0.1, 0.15) is 50.6 Å². The second-order valence-corrected chi connectivity index (χ2v) is 8.73. The first kappa shape index (κ1) is 18.8. The van der Waals surface area contributed by atoms with Crippen molar-refractivity contribution < 1.29 is 9.47 Å². The SMILES string of the molecule is COc1ccc(-c2nc(CN(CC3CC3)C3CCCCC3)cs2)c(OC)c1. The third-order valence-electron chi connectivity index (χ3n) is 5.84. The Labute approximate surface area is 166 Å². The van der Waals surface area contributed by atoms with Gasteiger partial charge in [0.15, 0.2) is 0 Å². The van der Waals surface area contributed by atoms with Gasteiger partial charge in [-0.2, -0.15) is 0 Å². The van der Waals surface area contributed by atoms with Crippen LogP contribution in [-0.4, -0.2) is 36.7 Å². The summed E-state index contributed by atoms with van der Waals surface area (Å²) < 4.78 is 10.9. The zero-order chi connectivity index (χ0) is 18.6. The number of rotatable bonds is 8. The minimum Gasteiger partial charge on any atom is -0.497 e. The first-order chi connectivity index (χ1) is 13.3. The van der Waals surface area contributed by atoms with Crippen molar-refractivity contribution in [3.8, 4) is 22.1 Å². The lowest BCUT2D eigenvalue weighted by Gasteiger charge is -2.34. The van der Waals surface area contributed by atoms with E-state index in [1.165, 1.54) is 57.2 Å². The smallest absolute Gasteiger partial charge is 0.132 e. The molecule has 0 unspecified atom stereocenters. The first-order valence-electron chi connectivity index (χ1n) is 10.2. The molecule has 5 heteroatoms. The van der Waals surface area contributed by atoms with Crippen LogP contribution >= 0.6 is 11.3 Å². The highest BCUT2D eigenvalue weighted by Gasteiger charge is 2.29. The molecule has 4 rings (SSSR count). The highest BCUT2D eigenvalue weighted by atomic mass is 32.1. The molecule has 2 aliphatic carbocycles. The average molecular weight is 387 g/mol. The lowest BCUT2D eigenvalue weighted by Crippen LogP contribution is -2.37. The van der Waals surface area contributed by atoms with E-state index in [0.717, 1.165) is 40.6 Å². The molecule has 2 fully saturated rings. The summed E-state index contributed by atoms with van der Waals surface area (Å²) >= 11 is 1.71. The number of ether oxygens (including phenoxy) is 2. The lowest BCUT2D eigenvalue weighted by atomic mass is 9.94. The highest BCUT2D eigenvalue weighted by molar-refractivity contribution is 7.13. The molecule has 0 atom stereocenters. The van der Waals surface area contributed by atoms with Gasteiger partial charge in [-0.1, -0.05) is 19.3 Å². The molecule has 1 aromatic heterocycles. The van der Waals surface area contributed by atoms with Crippen LogP contribution in [0.3, 0.4) is 0 Å². The topological polar surface area (TPSA) is 34.6 Å². The molecule has 4 nitrogen and oxygen atoms in total. The summed E-state index contributed by atoms with van der Waals surface area (Å²) in [4.78, 5) is 7.69. The van der Waals surface area contributed by atoms with Crippen LogP contribution in [0, 0.1) is 5.92 Å². The fraction of sp³-hybridized carbons (Fsp3) is 0.591. The van der Waals surface area contributed by atoms with E-state index in [1.54, 1.807) is 25.6 Å². The maximum atomic E-state index is 5.56. The molecule has 146 valence electrons. The third kappa shape index (κ3) is 4.64. The summed E-state index contributed by atoms with van der Waals surface area (Å²) in [5.41, 5.74) is 2.24. The van der Waals surface area contributed by atoms with Crippen molar-refractivity contribution in [2.75, 3.05) is 20.8 Å². The van der Waals surface area contributed by atoms with Gasteiger partial charge in [0.25, 0.3) is 0 Å². The fourth-order valence-electron chi connectivity index (χ4n) is 4.11. The number of hydrogen-bond donors (Lipinski definition) is 0. The van der Waals surface area contributed by atoms with Crippen LogP contribution < -0.4 is 9.47 Å². The molecule has 27 heavy (non-hydrogen) atoms. The van der Waals surface area contributed by atoms with Gasteiger partial charge in [0.05, 0.1) is 25.5 Å². The van der Waals surface area contributed by atoms with Gasteiger partial charge >= 0.3 is 0 Å². The van der Waals surface area contributed by atoms with Crippen LogP contribution in [0.5, 0.6) is 11.5 Å². The van der Waals surface area contributed by atoms with E-state index < -0.39 is 0 Å². The predicted molar refractivity (Wildman–Crippen MR) is 111 cm³/mol. The quantitative estimate of drug-likeness (QED) is 0.611. The molecule has 0 spiro atoms. The maximum Gasteiger partial charge on any atom is 0.132 e. The fourth-order valence-corrected chi connectivity index (χ4v) is 4.95. The summed E-state index contributed by atoms with van der Waals surface area (Å²) in [6, 6.07) is 6.70. The first-order valence-corrected chi connectivity index (χ1v) is 11.1. The molecule has 1 heterocycles. The van der Waals surface area contributed by atoms with Gasteiger partial charge in [-0.25, -0.2) is 4.98 Å². The van der Waals surface area contributed by atoms with Crippen molar-refractivity contribution >= 4 is 11.3 Å². The molecule has 0 radical (unpaired) electrons. The average Bonchev–Trinajstić information content (AvgIpc) is 3.42. The van der Waals surface area contributed by atoms with Gasteiger partial charge in [0.1, 0.15) is 16.5 Å². The van der Waals surface area contributed by atoms with Gasteiger partial charge in [-0.3, -0.25) is 4.90 Å². The molecular weight excluding hydrogens is 356 g/mol. The monoisotopic (exact) mass is 386 g/mol. The number of nitrogens with zero attached hydrogens (tertiary/aromatic N) is 2. The van der Waals surface area contributed by atoms with E-state index in [9.17, 15) is 0 Å². The molecule has 2 aliphatic rings. The number of methoxy groups -OCH3 is 2. The molecule has 0 bridgehead atoms. The van der Waals surface area contributed by atoms with Crippen molar-refractivity contribution in [3.05, 3.63) is 29.3 Å². The molecule has 0 aliphatic heterocycles. The van der Waals surface area contributed by atoms with Crippen molar-refractivity contribution in [2.45, 2.75) is 57.5 Å². The summed E-state index contributed by atoms with van der Waals surface area (Å²) in [5, 5.41) is 3.25. The Balaban J connectivity index is 1.50. The Morgan fingerprint density at radius 3 is 2.59 bits per heavy atom. The van der Waals surface area contributed by atoms with E-state index in [4.69, 9.17) is 14.5 Å². The standard InChI is InChI=1S/C22H30N2O2S/c1-25-19-10-11-20(21(12-19)26-2)22-23-17(15-27-22)14-24(13-16-8-9-16)18-6-4-3-5-7-18/h10-12,15-16,18H,3-9,13-14H2,1-2H3. The normalized spacial score (nSPS) is 18.0. The van der Waals surface area contributed by atoms with Crippen molar-refractivity contribution in [1.82, 2.24) is 9.88 Å². The lowest BCUT2D eigenvalue weighted by molar-refractivity contribution is 0.140. The number of aromatic nitrogens is 1. The number of hydrogen-bond acceptors (Lipinski definition) is 5. The van der Waals surface area contributed by atoms with E-state index >= 15 is 0 Å². The van der Waals surface area contributed by atoms with Gasteiger partial charge < -0.3 is 9.47 Å². The largest absolute Gasteiger partial charge is 0.497 e. The summed E-state index contributed by atoms with van der Waals surface area (Å²) in [7, 11) is 3.38. The Bertz CT molecular complexity index is 751. The van der Waals surface area contributed by atoms with Crippen molar-refractivity contribution in [1.29, 1.82) is 0 Å². The Morgan fingerprint density at radius 2 is 1.89 bits per heavy atom.